The van der Waals surface area contributed by atoms with E-state index in [1.54, 1.807) is 0 Å². The Morgan fingerprint density at radius 3 is 2.53 bits per heavy atom. The van der Waals surface area contributed by atoms with Gasteiger partial charge in [-0.2, -0.15) is 0 Å². The van der Waals surface area contributed by atoms with Crippen LogP contribution in [-0.4, -0.2) is 60.0 Å². The van der Waals surface area contributed by atoms with Crippen LogP contribution in [0.1, 0.15) is 44.9 Å². The number of likely N-dealkylation sites (tertiary alicyclic amines) is 1. The van der Waals surface area contributed by atoms with Crippen molar-refractivity contribution < 1.29 is 10.2 Å². The maximum atomic E-state index is 9.20. The highest BCUT2D eigenvalue weighted by atomic mass is 16.3. The van der Waals surface area contributed by atoms with Crippen LogP contribution in [0.4, 0.5) is 0 Å². The molecule has 1 aliphatic heterocycles. The fourth-order valence-corrected chi connectivity index (χ4v) is 3.73. The number of hydrogen-bond acceptors (Lipinski definition) is 4. The van der Waals surface area contributed by atoms with Gasteiger partial charge in [0.25, 0.3) is 0 Å². The Kier molecular flexibility index (Phi) is 6.57. The molecule has 2 aliphatic rings. The van der Waals surface area contributed by atoms with Gasteiger partial charge in [0, 0.05) is 38.4 Å². The third kappa shape index (κ3) is 4.71. The first-order valence-corrected chi connectivity index (χ1v) is 8.02. The summed E-state index contributed by atoms with van der Waals surface area (Å²) in [6, 6.07) is 1.32. The summed E-state index contributed by atoms with van der Waals surface area (Å²) in [6.07, 6.45) is 8.43. The van der Waals surface area contributed by atoms with Gasteiger partial charge in [-0.3, -0.25) is 4.90 Å². The minimum absolute atomic E-state index is 0.270. The van der Waals surface area contributed by atoms with Gasteiger partial charge in [-0.15, -0.1) is 0 Å². The van der Waals surface area contributed by atoms with Crippen LogP contribution in [-0.2, 0) is 0 Å². The van der Waals surface area contributed by atoms with Gasteiger partial charge in [0.15, 0.2) is 0 Å². The van der Waals surface area contributed by atoms with Crippen molar-refractivity contribution >= 4 is 0 Å². The molecule has 2 atom stereocenters. The van der Waals surface area contributed by atoms with Crippen LogP contribution in [0.25, 0.3) is 0 Å². The smallest absolute Gasteiger partial charge is 0.0443 e. The van der Waals surface area contributed by atoms with Crippen LogP contribution in [0.15, 0.2) is 0 Å². The van der Waals surface area contributed by atoms with Crippen molar-refractivity contribution in [3.8, 4) is 0 Å². The summed E-state index contributed by atoms with van der Waals surface area (Å²) in [7, 11) is 0. The third-order valence-electron chi connectivity index (χ3n) is 4.71. The molecule has 112 valence electrons. The topological polar surface area (TPSA) is 55.7 Å². The summed E-state index contributed by atoms with van der Waals surface area (Å²) in [4.78, 5) is 2.66. The summed E-state index contributed by atoms with van der Waals surface area (Å²) < 4.78 is 0. The zero-order valence-corrected chi connectivity index (χ0v) is 12.1. The predicted octanol–water partition coefficient (Wildman–Crippen LogP) is 0.974. The van der Waals surface area contributed by atoms with E-state index in [1.807, 2.05) is 0 Å². The molecule has 19 heavy (non-hydrogen) atoms. The molecule has 0 amide bonds. The number of aliphatic hydroxyl groups excluding tert-OH is 2. The summed E-state index contributed by atoms with van der Waals surface area (Å²) in [5.41, 5.74) is 0. The molecular formula is C15H30N2O2. The Balaban J connectivity index is 1.84. The number of hydrogen-bond donors (Lipinski definition) is 3. The Morgan fingerprint density at radius 2 is 1.84 bits per heavy atom. The first-order valence-electron chi connectivity index (χ1n) is 8.02. The molecule has 0 aromatic carbocycles. The predicted molar refractivity (Wildman–Crippen MR) is 77.1 cm³/mol. The van der Waals surface area contributed by atoms with E-state index >= 15 is 0 Å². The summed E-state index contributed by atoms with van der Waals surface area (Å²) in [5, 5.41) is 21.7. The van der Waals surface area contributed by atoms with Crippen LogP contribution in [0.5, 0.6) is 0 Å². The van der Waals surface area contributed by atoms with E-state index in [2.05, 4.69) is 10.2 Å². The average Bonchev–Trinajstić information content (AvgIpc) is 2.93. The maximum Gasteiger partial charge on any atom is 0.0443 e. The molecule has 0 radical (unpaired) electrons. The molecule has 0 spiro atoms. The standard InChI is InChI=1S/C15H30N2O2/c18-8-3-7-16-14-10-13(6-9-19)11-17(12-14)15-4-1-2-5-15/h13-16,18-19H,1-12H2. The Hall–Kier alpha value is -0.160. The molecule has 1 saturated heterocycles. The quantitative estimate of drug-likeness (QED) is 0.604. The van der Waals surface area contributed by atoms with E-state index in [0.29, 0.717) is 18.6 Å². The molecule has 2 fully saturated rings. The van der Waals surface area contributed by atoms with E-state index in [0.717, 1.165) is 32.0 Å². The molecule has 0 aromatic rings. The minimum atomic E-state index is 0.270. The molecule has 2 rings (SSSR count). The normalized spacial score (nSPS) is 30.0. The molecule has 1 heterocycles. The van der Waals surface area contributed by atoms with Crippen molar-refractivity contribution in [1.82, 2.24) is 10.2 Å². The van der Waals surface area contributed by atoms with Crippen molar-refractivity contribution in [1.29, 1.82) is 0 Å². The molecule has 0 bridgehead atoms. The summed E-state index contributed by atoms with van der Waals surface area (Å²) in [6.45, 7) is 3.81. The molecule has 1 saturated carbocycles. The van der Waals surface area contributed by atoms with Gasteiger partial charge in [0.1, 0.15) is 0 Å². The lowest BCUT2D eigenvalue weighted by molar-refractivity contribution is 0.0857. The SMILES string of the molecule is OCCCNC1CC(CCO)CN(C2CCCC2)C1. The molecule has 3 N–H and O–H groups in total. The van der Waals surface area contributed by atoms with Crippen molar-refractivity contribution in [3.05, 3.63) is 0 Å². The second-order valence-electron chi connectivity index (χ2n) is 6.23. The van der Waals surface area contributed by atoms with E-state index in [-0.39, 0.29) is 6.61 Å². The van der Waals surface area contributed by atoms with Gasteiger partial charge in [-0.05, 0) is 44.6 Å². The lowest BCUT2D eigenvalue weighted by Crippen LogP contribution is -2.52. The van der Waals surface area contributed by atoms with Crippen molar-refractivity contribution in [2.75, 3.05) is 32.8 Å². The highest BCUT2D eigenvalue weighted by molar-refractivity contribution is 4.88. The van der Waals surface area contributed by atoms with Crippen LogP contribution >= 0.6 is 0 Å². The summed E-state index contributed by atoms with van der Waals surface area (Å²) in [5.74, 6) is 0.631. The molecule has 4 heteroatoms. The van der Waals surface area contributed by atoms with Gasteiger partial charge < -0.3 is 15.5 Å². The average molecular weight is 270 g/mol. The van der Waals surface area contributed by atoms with Crippen LogP contribution in [0, 0.1) is 5.92 Å². The van der Waals surface area contributed by atoms with E-state index in [9.17, 15) is 5.11 Å². The van der Waals surface area contributed by atoms with Crippen LogP contribution < -0.4 is 5.32 Å². The van der Waals surface area contributed by atoms with Gasteiger partial charge in [-0.1, -0.05) is 12.8 Å². The first kappa shape index (κ1) is 15.2. The zero-order chi connectivity index (χ0) is 13.5. The largest absolute Gasteiger partial charge is 0.396 e. The van der Waals surface area contributed by atoms with Gasteiger partial charge in [0.05, 0.1) is 0 Å². The number of piperidine rings is 1. The van der Waals surface area contributed by atoms with E-state index in [1.165, 1.54) is 38.6 Å². The fraction of sp³-hybridized carbons (Fsp3) is 1.00. The number of nitrogens with one attached hydrogen (secondary N) is 1. The Morgan fingerprint density at radius 1 is 1.05 bits per heavy atom. The van der Waals surface area contributed by atoms with Crippen molar-refractivity contribution in [2.24, 2.45) is 5.92 Å². The molecule has 1 aliphatic carbocycles. The lowest BCUT2D eigenvalue weighted by atomic mass is 9.90. The van der Waals surface area contributed by atoms with Gasteiger partial charge in [-0.25, -0.2) is 0 Å². The monoisotopic (exact) mass is 270 g/mol. The van der Waals surface area contributed by atoms with E-state index < -0.39 is 0 Å². The second kappa shape index (κ2) is 8.20. The Bertz CT molecular complexity index is 244. The van der Waals surface area contributed by atoms with E-state index in [4.69, 9.17) is 5.11 Å². The molecular weight excluding hydrogens is 240 g/mol. The molecule has 4 nitrogen and oxygen atoms in total. The highest BCUT2D eigenvalue weighted by Crippen LogP contribution is 2.29. The van der Waals surface area contributed by atoms with Crippen molar-refractivity contribution in [3.63, 3.8) is 0 Å². The Labute approximate surface area is 117 Å². The zero-order valence-electron chi connectivity index (χ0n) is 12.1. The van der Waals surface area contributed by atoms with Gasteiger partial charge >= 0.3 is 0 Å². The highest BCUT2D eigenvalue weighted by Gasteiger charge is 2.31. The molecule has 0 aromatic heterocycles. The van der Waals surface area contributed by atoms with Crippen LogP contribution in [0.2, 0.25) is 0 Å². The number of rotatable bonds is 7. The first-order chi connectivity index (χ1) is 9.33. The number of nitrogens with zero attached hydrogens (tertiary/aromatic N) is 1. The van der Waals surface area contributed by atoms with Gasteiger partial charge in [0.2, 0.25) is 0 Å². The number of aliphatic hydroxyl groups is 2. The summed E-state index contributed by atoms with van der Waals surface area (Å²) >= 11 is 0. The third-order valence-corrected chi connectivity index (χ3v) is 4.71. The fourth-order valence-electron chi connectivity index (χ4n) is 3.73. The molecule has 2 unspecified atom stereocenters. The second-order valence-corrected chi connectivity index (χ2v) is 6.23. The maximum absolute atomic E-state index is 9.20. The lowest BCUT2D eigenvalue weighted by Gasteiger charge is -2.41. The van der Waals surface area contributed by atoms with Crippen molar-refractivity contribution in [2.45, 2.75) is 57.0 Å². The van der Waals surface area contributed by atoms with Crippen LogP contribution in [0.3, 0.4) is 0 Å². The minimum Gasteiger partial charge on any atom is -0.396 e.